The number of hydrogen-bond donors (Lipinski definition) is 1. The number of aromatic nitrogens is 2. The summed E-state index contributed by atoms with van der Waals surface area (Å²) in [5.41, 5.74) is 0. The number of nitrogens with zero attached hydrogens (tertiary/aromatic N) is 3. The number of anilines is 1. The van der Waals surface area contributed by atoms with Crippen LogP contribution in [0.4, 0.5) is 10.6 Å². The van der Waals surface area contributed by atoms with Crippen LogP contribution in [-0.4, -0.2) is 33.7 Å². The number of hydrogen-bond acceptors (Lipinski definition) is 3. The molecule has 0 unspecified atom stereocenters. The number of carbonyl (C=O) groups is 1. The largest absolute Gasteiger partial charge is 0.323 e. The Morgan fingerprint density at radius 2 is 2.33 bits per heavy atom. The normalized spacial score (nSPS) is 19.9. The first kappa shape index (κ1) is 12.8. The van der Waals surface area contributed by atoms with Crippen molar-refractivity contribution in [2.24, 2.45) is 5.92 Å². The molecule has 98 valence electrons. The van der Waals surface area contributed by atoms with Gasteiger partial charge in [-0.25, -0.2) is 4.79 Å². The molecule has 2 rings (SSSR count). The highest BCUT2D eigenvalue weighted by molar-refractivity contribution is 5.88. The molecule has 1 fully saturated rings. The Kier molecular flexibility index (Phi) is 4.12. The van der Waals surface area contributed by atoms with E-state index in [9.17, 15) is 4.79 Å². The lowest BCUT2D eigenvalue weighted by Crippen LogP contribution is -2.48. The van der Waals surface area contributed by atoms with Gasteiger partial charge < -0.3 is 4.90 Å². The maximum Gasteiger partial charge on any atom is 0.323 e. The highest BCUT2D eigenvalue weighted by Crippen LogP contribution is 2.23. The molecule has 0 aliphatic carbocycles. The van der Waals surface area contributed by atoms with E-state index in [0.29, 0.717) is 17.8 Å². The van der Waals surface area contributed by atoms with Crippen molar-refractivity contribution in [3.63, 3.8) is 0 Å². The summed E-state index contributed by atoms with van der Waals surface area (Å²) in [5, 5.41) is 10.4. The maximum atomic E-state index is 12.2. The number of piperidine rings is 1. The van der Waals surface area contributed by atoms with Gasteiger partial charge in [-0.05, 0) is 37.3 Å². The molecule has 0 bridgehead atoms. The fraction of sp³-hybridized carbons (Fsp3) is 0.615. The summed E-state index contributed by atoms with van der Waals surface area (Å²) in [7, 11) is 0. The van der Waals surface area contributed by atoms with Gasteiger partial charge in [0, 0.05) is 18.8 Å². The Balaban J connectivity index is 2.02. The molecule has 1 atom stereocenters. The average molecular weight is 248 g/mol. The minimum Gasteiger partial charge on any atom is -0.321 e. The first-order valence-electron chi connectivity index (χ1n) is 6.54. The fourth-order valence-electron chi connectivity index (χ4n) is 2.45. The molecule has 0 spiro atoms. The molecule has 1 aromatic rings. The molecule has 2 amide bonds. The van der Waals surface area contributed by atoms with Gasteiger partial charge >= 0.3 is 6.03 Å². The van der Waals surface area contributed by atoms with Crippen molar-refractivity contribution in [3.05, 3.63) is 18.3 Å². The van der Waals surface area contributed by atoms with Crippen LogP contribution in [0.5, 0.6) is 0 Å². The first-order chi connectivity index (χ1) is 8.68. The lowest BCUT2D eigenvalue weighted by Gasteiger charge is -2.38. The Labute approximate surface area is 108 Å². The standard InChI is InChI=1S/C13H20N4O/c1-10(2)11-6-3-4-9-17(11)13(18)15-12-7-5-8-14-16-12/h5,7-8,10-11H,3-4,6,9H2,1-2H3,(H,15,16,18)/t11-/m1/s1. The molecule has 1 aromatic heterocycles. The summed E-state index contributed by atoms with van der Waals surface area (Å²) in [6.07, 6.45) is 4.97. The van der Waals surface area contributed by atoms with Gasteiger partial charge in [-0.15, -0.1) is 5.10 Å². The van der Waals surface area contributed by atoms with Crippen molar-refractivity contribution >= 4 is 11.8 Å². The van der Waals surface area contributed by atoms with Crippen LogP contribution in [0.3, 0.4) is 0 Å². The number of urea groups is 1. The SMILES string of the molecule is CC(C)[C@H]1CCCCN1C(=O)Nc1cccnn1. The number of likely N-dealkylation sites (tertiary alicyclic amines) is 1. The van der Waals surface area contributed by atoms with Gasteiger partial charge in [0.25, 0.3) is 0 Å². The summed E-state index contributed by atoms with van der Waals surface area (Å²) in [6.45, 7) is 5.16. The van der Waals surface area contributed by atoms with Crippen LogP contribution in [0, 0.1) is 5.92 Å². The summed E-state index contributed by atoms with van der Waals surface area (Å²) in [5.74, 6) is 0.994. The smallest absolute Gasteiger partial charge is 0.321 e. The van der Waals surface area contributed by atoms with Crippen molar-refractivity contribution in [2.75, 3.05) is 11.9 Å². The zero-order chi connectivity index (χ0) is 13.0. The third kappa shape index (κ3) is 2.97. The molecule has 0 saturated carbocycles. The topological polar surface area (TPSA) is 58.1 Å². The van der Waals surface area contributed by atoms with Crippen LogP contribution in [-0.2, 0) is 0 Å². The number of rotatable bonds is 2. The molecule has 5 nitrogen and oxygen atoms in total. The van der Waals surface area contributed by atoms with E-state index in [1.54, 1.807) is 18.3 Å². The minimum atomic E-state index is -0.0612. The van der Waals surface area contributed by atoms with Crippen LogP contribution < -0.4 is 5.32 Å². The summed E-state index contributed by atoms with van der Waals surface area (Å²) < 4.78 is 0. The van der Waals surface area contributed by atoms with E-state index in [-0.39, 0.29) is 6.03 Å². The number of carbonyl (C=O) groups excluding carboxylic acids is 1. The van der Waals surface area contributed by atoms with E-state index in [1.165, 1.54) is 6.42 Å². The predicted molar refractivity (Wildman–Crippen MR) is 70.2 cm³/mol. The van der Waals surface area contributed by atoms with E-state index in [1.807, 2.05) is 4.90 Å². The Morgan fingerprint density at radius 3 is 3.00 bits per heavy atom. The quantitative estimate of drug-likeness (QED) is 0.875. The van der Waals surface area contributed by atoms with E-state index in [0.717, 1.165) is 19.4 Å². The van der Waals surface area contributed by atoms with Gasteiger partial charge in [0.05, 0.1) is 0 Å². The van der Waals surface area contributed by atoms with Crippen molar-refractivity contribution in [1.82, 2.24) is 15.1 Å². The summed E-state index contributed by atoms with van der Waals surface area (Å²) >= 11 is 0. The van der Waals surface area contributed by atoms with Gasteiger partial charge in [0.1, 0.15) is 0 Å². The third-order valence-electron chi connectivity index (χ3n) is 3.39. The second-order valence-electron chi connectivity index (χ2n) is 5.04. The van der Waals surface area contributed by atoms with E-state index in [2.05, 4.69) is 29.4 Å². The van der Waals surface area contributed by atoms with E-state index >= 15 is 0 Å². The van der Waals surface area contributed by atoms with Crippen LogP contribution in [0.1, 0.15) is 33.1 Å². The average Bonchev–Trinajstić information content (AvgIpc) is 2.40. The van der Waals surface area contributed by atoms with Crippen LogP contribution >= 0.6 is 0 Å². The van der Waals surface area contributed by atoms with Gasteiger partial charge in [0.2, 0.25) is 0 Å². The van der Waals surface area contributed by atoms with Gasteiger partial charge in [0.15, 0.2) is 5.82 Å². The second-order valence-corrected chi connectivity index (χ2v) is 5.04. The molecule has 2 heterocycles. The molecule has 1 saturated heterocycles. The maximum absolute atomic E-state index is 12.2. The predicted octanol–water partition coefficient (Wildman–Crippen LogP) is 2.52. The fourth-order valence-corrected chi connectivity index (χ4v) is 2.45. The lowest BCUT2D eigenvalue weighted by molar-refractivity contribution is 0.137. The second kappa shape index (κ2) is 5.80. The van der Waals surface area contributed by atoms with E-state index < -0.39 is 0 Å². The molecule has 1 aliphatic heterocycles. The monoisotopic (exact) mass is 248 g/mol. The summed E-state index contributed by atoms with van der Waals surface area (Å²) in [6, 6.07) is 3.78. The first-order valence-corrected chi connectivity index (χ1v) is 6.54. The zero-order valence-corrected chi connectivity index (χ0v) is 11.0. The molecule has 1 aliphatic rings. The molecular formula is C13H20N4O. The van der Waals surface area contributed by atoms with E-state index in [4.69, 9.17) is 0 Å². The molecule has 0 radical (unpaired) electrons. The van der Waals surface area contributed by atoms with Gasteiger partial charge in [-0.1, -0.05) is 13.8 Å². The minimum absolute atomic E-state index is 0.0612. The van der Waals surface area contributed by atoms with Crippen molar-refractivity contribution < 1.29 is 4.79 Å². The van der Waals surface area contributed by atoms with Crippen LogP contribution in [0.25, 0.3) is 0 Å². The molecule has 1 N–H and O–H groups in total. The molecule has 0 aromatic carbocycles. The summed E-state index contributed by atoms with van der Waals surface area (Å²) in [4.78, 5) is 14.2. The van der Waals surface area contributed by atoms with Crippen molar-refractivity contribution in [1.29, 1.82) is 0 Å². The molecular weight excluding hydrogens is 228 g/mol. The molecule has 5 heteroatoms. The van der Waals surface area contributed by atoms with Crippen molar-refractivity contribution in [2.45, 2.75) is 39.2 Å². The van der Waals surface area contributed by atoms with Gasteiger partial charge in [-0.3, -0.25) is 5.32 Å². The third-order valence-corrected chi connectivity index (χ3v) is 3.39. The highest BCUT2D eigenvalue weighted by Gasteiger charge is 2.28. The number of amides is 2. The van der Waals surface area contributed by atoms with Crippen LogP contribution in [0.15, 0.2) is 18.3 Å². The van der Waals surface area contributed by atoms with Crippen LogP contribution in [0.2, 0.25) is 0 Å². The zero-order valence-electron chi connectivity index (χ0n) is 11.0. The lowest BCUT2D eigenvalue weighted by atomic mass is 9.93. The Morgan fingerprint density at radius 1 is 1.50 bits per heavy atom. The van der Waals surface area contributed by atoms with Gasteiger partial charge in [-0.2, -0.15) is 5.10 Å². The Hall–Kier alpha value is -1.65. The number of nitrogens with one attached hydrogen (secondary N) is 1. The van der Waals surface area contributed by atoms with Crippen molar-refractivity contribution in [3.8, 4) is 0 Å². The highest BCUT2D eigenvalue weighted by atomic mass is 16.2. The Bertz CT molecular complexity index is 393. The molecule has 18 heavy (non-hydrogen) atoms.